The van der Waals surface area contributed by atoms with Crippen LogP contribution in [0.2, 0.25) is 0 Å². The molecule has 0 radical (unpaired) electrons. The fourth-order valence-corrected chi connectivity index (χ4v) is 1.87. The maximum Gasteiger partial charge on any atom is 0.255 e. The highest BCUT2D eigenvalue weighted by Crippen LogP contribution is 2.27. The van der Waals surface area contributed by atoms with Gasteiger partial charge in [0.1, 0.15) is 12.4 Å². The Morgan fingerprint density at radius 3 is 2.43 bits per heavy atom. The van der Waals surface area contributed by atoms with Gasteiger partial charge >= 0.3 is 0 Å². The Morgan fingerprint density at radius 1 is 1.13 bits per heavy atom. The molecule has 1 heterocycles. The number of nitrogens with one attached hydrogen (secondary N) is 1. The molecule has 23 heavy (non-hydrogen) atoms. The minimum absolute atomic E-state index is 0.0872. The molecule has 2 aromatic rings. The number of pyridine rings is 1. The first-order valence-electron chi connectivity index (χ1n) is 7.11. The zero-order valence-electron chi connectivity index (χ0n) is 13.1. The van der Waals surface area contributed by atoms with Crippen molar-refractivity contribution in [3.05, 3.63) is 66.0 Å². The average molecular weight is 310 g/mol. The number of ether oxygens (including phenoxy) is 1. The molecule has 1 aromatic carbocycles. The molecule has 0 saturated heterocycles. The lowest BCUT2D eigenvalue weighted by molar-refractivity contribution is 0.101. The van der Waals surface area contributed by atoms with E-state index in [0.717, 1.165) is 5.57 Å². The number of aromatic nitrogens is 1. The number of carbonyl (C=O) groups excluding carboxylic acids is 2. The van der Waals surface area contributed by atoms with Crippen molar-refractivity contribution >= 4 is 17.4 Å². The van der Waals surface area contributed by atoms with Gasteiger partial charge in [0.05, 0.1) is 5.69 Å². The van der Waals surface area contributed by atoms with Crippen LogP contribution in [0, 0.1) is 0 Å². The molecule has 0 aliphatic heterocycles. The predicted molar refractivity (Wildman–Crippen MR) is 88.9 cm³/mol. The molecule has 2 rings (SSSR count). The highest BCUT2D eigenvalue weighted by Gasteiger charge is 2.12. The van der Waals surface area contributed by atoms with E-state index in [1.54, 1.807) is 42.7 Å². The monoisotopic (exact) mass is 310 g/mol. The number of anilines is 1. The molecule has 0 fully saturated rings. The molecule has 5 heteroatoms. The van der Waals surface area contributed by atoms with Crippen molar-refractivity contribution < 1.29 is 14.3 Å². The van der Waals surface area contributed by atoms with Crippen molar-refractivity contribution in [3.63, 3.8) is 0 Å². The number of rotatable bonds is 6. The lowest BCUT2D eigenvalue weighted by atomic mass is 10.1. The van der Waals surface area contributed by atoms with Crippen LogP contribution in [0.4, 0.5) is 5.69 Å². The quantitative estimate of drug-likeness (QED) is 0.655. The van der Waals surface area contributed by atoms with Crippen LogP contribution in [0.3, 0.4) is 0 Å². The second-order valence-corrected chi connectivity index (χ2v) is 5.20. The molecule has 0 bridgehead atoms. The van der Waals surface area contributed by atoms with Gasteiger partial charge in [0.2, 0.25) is 0 Å². The van der Waals surface area contributed by atoms with Gasteiger partial charge in [-0.25, -0.2) is 0 Å². The third-order valence-electron chi connectivity index (χ3n) is 3.05. The van der Waals surface area contributed by atoms with Crippen LogP contribution in [0.5, 0.6) is 5.75 Å². The van der Waals surface area contributed by atoms with Crippen LogP contribution in [0.1, 0.15) is 34.6 Å². The molecule has 0 spiro atoms. The van der Waals surface area contributed by atoms with E-state index in [1.807, 2.05) is 6.92 Å². The largest absolute Gasteiger partial charge is 0.487 e. The summed E-state index contributed by atoms with van der Waals surface area (Å²) >= 11 is 0. The minimum atomic E-state index is -0.298. The van der Waals surface area contributed by atoms with Gasteiger partial charge in [-0.15, -0.1) is 0 Å². The summed E-state index contributed by atoms with van der Waals surface area (Å²) in [5.41, 5.74) is 2.27. The van der Waals surface area contributed by atoms with Crippen LogP contribution in [0.15, 0.2) is 54.9 Å². The summed E-state index contributed by atoms with van der Waals surface area (Å²) in [7, 11) is 0. The highest BCUT2D eigenvalue weighted by molar-refractivity contribution is 6.06. The fraction of sp³-hybridized carbons (Fsp3) is 0.167. The summed E-state index contributed by atoms with van der Waals surface area (Å²) in [4.78, 5) is 27.7. The highest BCUT2D eigenvalue weighted by atomic mass is 16.5. The summed E-state index contributed by atoms with van der Waals surface area (Å²) in [6, 6.07) is 8.16. The van der Waals surface area contributed by atoms with Gasteiger partial charge in [-0.2, -0.15) is 0 Å². The van der Waals surface area contributed by atoms with E-state index in [1.165, 1.54) is 6.92 Å². The van der Waals surface area contributed by atoms with Crippen molar-refractivity contribution in [1.82, 2.24) is 4.98 Å². The Balaban J connectivity index is 2.29. The second-order valence-electron chi connectivity index (χ2n) is 5.20. The Bertz CT molecular complexity index is 739. The zero-order valence-corrected chi connectivity index (χ0v) is 13.1. The number of hydrogen-bond acceptors (Lipinski definition) is 4. The number of amides is 1. The van der Waals surface area contributed by atoms with Gasteiger partial charge in [-0.05, 0) is 49.8 Å². The van der Waals surface area contributed by atoms with Crippen LogP contribution in [-0.4, -0.2) is 23.3 Å². The average Bonchev–Trinajstić information content (AvgIpc) is 2.54. The number of nitrogens with zero attached hydrogens (tertiary/aromatic N) is 1. The summed E-state index contributed by atoms with van der Waals surface area (Å²) in [5.74, 6) is 0.101. The Kier molecular flexibility index (Phi) is 5.25. The summed E-state index contributed by atoms with van der Waals surface area (Å²) < 4.78 is 5.63. The third kappa shape index (κ3) is 4.51. The first kappa shape index (κ1) is 16.4. The standard InChI is InChI=1S/C18H18N2O3/c1-12(2)11-23-17-5-4-15(13(3)21)10-16(17)20-18(22)14-6-8-19-9-7-14/h4-10H,1,11H2,2-3H3,(H,20,22). The Morgan fingerprint density at radius 2 is 1.83 bits per heavy atom. The first-order chi connectivity index (χ1) is 11.0. The predicted octanol–water partition coefficient (Wildman–Crippen LogP) is 3.49. The molecule has 1 amide bonds. The van der Waals surface area contributed by atoms with Crippen molar-refractivity contribution in [2.45, 2.75) is 13.8 Å². The molecule has 1 aromatic heterocycles. The molecule has 118 valence electrons. The summed E-state index contributed by atoms with van der Waals surface area (Å²) in [6.07, 6.45) is 3.08. The number of carbonyl (C=O) groups is 2. The van der Waals surface area contributed by atoms with Crippen LogP contribution >= 0.6 is 0 Å². The van der Waals surface area contributed by atoms with Gasteiger partial charge in [-0.1, -0.05) is 6.58 Å². The van der Waals surface area contributed by atoms with Gasteiger partial charge in [0, 0.05) is 23.5 Å². The van der Waals surface area contributed by atoms with Crippen molar-refractivity contribution in [3.8, 4) is 5.75 Å². The molecule has 0 aliphatic rings. The van der Waals surface area contributed by atoms with Gasteiger partial charge in [0.15, 0.2) is 5.78 Å². The molecule has 0 saturated carbocycles. The van der Waals surface area contributed by atoms with E-state index in [9.17, 15) is 9.59 Å². The summed E-state index contributed by atoms with van der Waals surface area (Å²) in [5, 5.41) is 2.77. The van der Waals surface area contributed by atoms with E-state index in [2.05, 4.69) is 16.9 Å². The maximum atomic E-state index is 12.3. The van der Waals surface area contributed by atoms with Crippen molar-refractivity contribution in [2.75, 3.05) is 11.9 Å². The smallest absolute Gasteiger partial charge is 0.255 e. The minimum Gasteiger partial charge on any atom is -0.487 e. The molecular weight excluding hydrogens is 292 g/mol. The van der Waals surface area contributed by atoms with Crippen molar-refractivity contribution in [1.29, 1.82) is 0 Å². The van der Waals surface area contributed by atoms with Crippen LogP contribution in [0.25, 0.3) is 0 Å². The molecule has 0 atom stereocenters. The number of benzene rings is 1. The first-order valence-corrected chi connectivity index (χ1v) is 7.11. The van der Waals surface area contributed by atoms with Crippen molar-refractivity contribution in [2.24, 2.45) is 0 Å². The third-order valence-corrected chi connectivity index (χ3v) is 3.05. The van der Waals surface area contributed by atoms with E-state index in [4.69, 9.17) is 4.74 Å². The molecule has 5 nitrogen and oxygen atoms in total. The second kappa shape index (κ2) is 7.35. The normalized spacial score (nSPS) is 10.0. The number of ketones is 1. The van der Waals surface area contributed by atoms with Gasteiger partial charge in [-0.3, -0.25) is 14.6 Å². The van der Waals surface area contributed by atoms with E-state index < -0.39 is 0 Å². The molecule has 0 aliphatic carbocycles. The van der Waals surface area contributed by atoms with E-state index in [-0.39, 0.29) is 11.7 Å². The Labute approximate surface area is 135 Å². The lowest BCUT2D eigenvalue weighted by Crippen LogP contribution is -2.14. The van der Waals surface area contributed by atoms with E-state index >= 15 is 0 Å². The molecular formula is C18H18N2O3. The zero-order chi connectivity index (χ0) is 16.8. The lowest BCUT2D eigenvalue weighted by Gasteiger charge is -2.13. The molecule has 0 unspecified atom stereocenters. The Hall–Kier alpha value is -2.95. The maximum absolute atomic E-state index is 12.3. The van der Waals surface area contributed by atoms with Gasteiger partial charge in [0.25, 0.3) is 5.91 Å². The van der Waals surface area contributed by atoms with Crippen LogP contribution < -0.4 is 10.1 Å². The van der Waals surface area contributed by atoms with Crippen LogP contribution in [-0.2, 0) is 0 Å². The molecule has 1 N–H and O–H groups in total. The number of hydrogen-bond donors (Lipinski definition) is 1. The number of Topliss-reactive ketones (excluding diaryl/α,β-unsaturated/α-hetero) is 1. The fourth-order valence-electron chi connectivity index (χ4n) is 1.87. The SMILES string of the molecule is C=C(C)COc1ccc(C(C)=O)cc1NC(=O)c1ccncc1. The van der Waals surface area contributed by atoms with Gasteiger partial charge < -0.3 is 10.1 Å². The topological polar surface area (TPSA) is 68.3 Å². The summed E-state index contributed by atoms with van der Waals surface area (Å²) in [6.45, 7) is 7.43. The van der Waals surface area contributed by atoms with E-state index in [0.29, 0.717) is 29.2 Å².